The summed E-state index contributed by atoms with van der Waals surface area (Å²) in [6, 6.07) is 1.81. The molecule has 0 bridgehead atoms. The largest absolute Gasteiger partial charge is 0.493 e. The lowest BCUT2D eigenvalue weighted by Gasteiger charge is -2.35. The van der Waals surface area contributed by atoms with Crippen molar-refractivity contribution < 1.29 is 23.5 Å². The number of benzene rings is 1. The van der Waals surface area contributed by atoms with E-state index in [4.69, 9.17) is 9.47 Å². The van der Waals surface area contributed by atoms with Crippen LogP contribution in [-0.4, -0.2) is 44.7 Å². The van der Waals surface area contributed by atoms with E-state index < -0.39 is 23.7 Å². The molecule has 0 saturated carbocycles. The molecule has 1 unspecified atom stereocenters. The number of anilines is 1. The quantitative estimate of drug-likeness (QED) is 0.854. The zero-order valence-corrected chi connectivity index (χ0v) is 12.3. The second kappa shape index (κ2) is 5.59. The molecule has 3 amide bonds. The van der Waals surface area contributed by atoms with Crippen molar-refractivity contribution >= 4 is 17.6 Å². The van der Waals surface area contributed by atoms with E-state index >= 15 is 0 Å². The lowest BCUT2D eigenvalue weighted by molar-refractivity contribution is -0.122. The first-order valence-electron chi connectivity index (χ1n) is 6.41. The van der Waals surface area contributed by atoms with Gasteiger partial charge in [-0.2, -0.15) is 0 Å². The van der Waals surface area contributed by atoms with Crippen LogP contribution < -0.4 is 14.4 Å². The number of carbonyl (C=O) groups excluding carboxylic acids is 2. The van der Waals surface area contributed by atoms with Crippen LogP contribution in [0.25, 0.3) is 0 Å². The highest BCUT2D eigenvalue weighted by Crippen LogP contribution is 2.36. The molecule has 21 heavy (non-hydrogen) atoms. The Morgan fingerprint density at radius 3 is 2.33 bits per heavy atom. The van der Waals surface area contributed by atoms with Crippen molar-refractivity contribution in [3.05, 3.63) is 17.9 Å². The number of imide groups is 1. The van der Waals surface area contributed by atoms with Gasteiger partial charge >= 0.3 is 6.03 Å². The third kappa shape index (κ3) is 2.51. The number of urea groups is 1. The van der Waals surface area contributed by atoms with Crippen LogP contribution in [0, 0.1) is 11.7 Å². The summed E-state index contributed by atoms with van der Waals surface area (Å²) in [5.74, 6) is -1.13. The summed E-state index contributed by atoms with van der Waals surface area (Å²) in [5.41, 5.74) is -0.138. The lowest BCUT2D eigenvalue weighted by atomic mass is 10.1. The molecule has 0 aliphatic carbocycles. The Balaban J connectivity index is 2.53. The van der Waals surface area contributed by atoms with E-state index in [1.807, 2.05) is 0 Å². The smallest absolute Gasteiger partial charge is 0.331 e. The van der Waals surface area contributed by atoms with E-state index in [1.165, 1.54) is 25.2 Å². The third-order valence-electron chi connectivity index (χ3n) is 3.40. The maximum atomic E-state index is 14.2. The van der Waals surface area contributed by atoms with Gasteiger partial charge in [-0.15, -0.1) is 0 Å². The van der Waals surface area contributed by atoms with Crippen molar-refractivity contribution in [3.8, 4) is 11.5 Å². The molecular weight excluding hydrogens is 279 g/mol. The number of carbonyl (C=O) groups is 2. The van der Waals surface area contributed by atoms with Crippen molar-refractivity contribution in [3.63, 3.8) is 0 Å². The summed E-state index contributed by atoms with van der Waals surface area (Å²) < 4.78 is 24.3. The molecule has 1 fully saturated rings. The van der Waals surface area contributed by atoms with E-state index in [9.17, 15) is 14.0 Å². The lowest BCUT2D eigenvalue weighted by Crippen LogP contribution is -2.55. The van der Waals surface area contributed by atoms with Gasteiger partial charge in [-0.1, -0.05) is 6.92 Å². The predicted octanol–water partition coefficient (Wildman–Crippen LogP) is 1.88. The molecule has 6 nitrogen and oxygen atoms in total. The number of amides is 3. The minimum absolute atomic E-state index is 0.138. The summed E-state index contributed by atoms with van der Waals surface area (Å²) in [6.45, 7) is 2.00. The number of nitrogens with zero attached hydrogens (tertiary/aromatic N) is 2. The van der Waals surface area contributed by atoms with Crippen LogP contribution in [-0.2, 0) is 4.79 Å². The number of hydrogen-bond acceptors (Lipinski definition) is 4. The van der Waals surface area contributed by atoms with Gasteiger partial charge in [-0.3, -0.25) is 4.79 Å². The molecule has 1 aromatic carbocycles. The van der Waals surface area contributed by atoms with Crippen molar-refractivity contribution in [1.82, 2.24) is 4.90 Å². The zero-order chi connectivity index (χ0) is 15.7. The van der Waals surface area contributed by atoms with Crippen LogP contribution >= 0.6 is 0 Å². The normalized spacial score (nSPS) is 19.0. The Bertz CT molecular complexity index is 571. The molecule has 0 N–H and O–H groups in total. The van der Waals surface area contributed by atoms with Gasteiger partial charge in [0.25, 0.3) is 0 Å². The van der Waals surface area contributed by atoms with E-state index in [0.717, 1.165) is 11.0 Å². The van der Waals surface area contributed by atoms with E-state index in [-0.39, 0.29) is 17.2 Å². The summed E-state index contributed by atoms with van der Waals surface area (Å²) in [6.07, 6.45) is 0. The Morgan fingerprint density at radius 2 is 1.76 bits per heavy atom. The molecule has 1 atom stereocenters. The predicted molar refractivity (Wildman–Crippen MR) is 74.2 cm³/mol. The van der Waals surface area contributed by atoms with Crippen LogP contribution in [0.15, 0.2) is 12.1 Å². The number of methoxy groups -OCH3 is 2. The first-order chi connectivity index (χ1) is 9.90. The van der Waals surface area contributed by atoms with Crippen molar-refractivity contribution in [2.75, 3.05) is 32.7 Å². The molecule has 1 saturated heterocycles. The highest BCUT2D eigenvalue weighted by Gasteiger charge is 2.38. The number of halogens is 1. The van der Waals surface area contributed by atoms with E-state index in [0.29, 0.717) is 6.54 Å². The third-order valence-corrected chi connectivity index (χ3v) is 3.40. The molecule has 1 aliphatic heterocycles. The summed E-state index contributed by atoms with van der Waals surface area (Å²) >= 11 is 0. The van der Waals surface area contributed by atoms with Gasteiger partial charge in [0, 0.05) is 25.7 Å². The molecule has 0 radical (unpaired) electrons. The van der Waals surface area contributed by atoms with Gasteiger partial charge in [0.2, 0.25) is 5.91 Å². The zero-order valence-electron chi connectivity index (χ0n) is 12.3. The number of hydrogen-bond donors (Lipinski definition) is 0. The summed E-state index contributed by atoms with van der Waals surface area (Å²) in [7, 11) is 4.34. The Kier molecular flexibility index (Phi) is 4.02. The van der Waals surface area contributed by atoms with Crippen LogP contribution in [0.5, 0.6) is 11.5 Å². The highest BCUT2D eigenvalue weighted by molar-refractivity contribution is 6.16. The van der Waals surface area contributed by atoms with Crippen molar-refractivity contribution in [2.45, 2.75) is 6.92 Å². The molecule has 1 heterocycles. The second-order valence-electron chi connectivity index (χ2n) is 4.90. The Morgan fingerprint density at radius 1 is 1.19 bits per heavy atom. The van der Waals surface area contributed by atoms with Crippen molar-refractivity contribution in [1.29, 1.82) is 0 Å². The van der Waals surface area contributed by atoms with E-state index in [1.54, 1.807) is 14.0 Å². The second-order valence-corrected chi connectivity index (χ2v) is 4.90. The fourth-order valence-electron chi connectivity index (χ4n) is 2.29. The van der Waals surface area contributed by atoms with E-state index in [2.05, 4.69) is 0 Å². The molecule has 114 valence electrons. The topological polar surface area (TPSA) is 59.1 Å². The minimum Gasteiger partial charge on any atom is -0.493 e. The minimum atomic E-state index is -0.725. The monoisotopic (exact) mass is 296 g/mol. The maximum absolute atomic E-state index is 14.2. The fraction of sp³-hybridized carbons (Fsp3) is 0.429. The molecular formula is C14H17FN2O4. The molecule has 7 heteroatoms. The van der Waals surface area contributed by atoms with Gasteiger partial charge < -0.3 is 14.4 Å². The van der Waals surface area contributed by atoms with Gasteiger partial charge in [-0.05, 0) is 0 Å². The van der Waals surface area contributed by atoms with Gasteiger partial charge in [-0.25, -0.2) is 14.1 Å². The Labute approximate surface area is 122 Å². The standard InChI is InChI=1S/C14H17FN2O4/c1-8-7-16(2)14(19)17(13(8)18)10-6-12(21-4)11(20-3)5-9(10)15/h5-6,8H,7H2,1-4H3. The summed E-state index contributed by atoms with van der Waals surface area (Å²) in [5, 5.41) is 0. The Hall–Kier alpha value is -2.31. The molecule has 0 aromatic heterocycles. The highest BCUT2D eigenvalue weighted by atomic mass is 19.1. The average Bonchev–Trinajstić information content (AvgIpc) is 2.46. The van der Waals surface area contributed by atoms with Crippen LogP contribution in [0.1, 0.15) is 6.92 Å². The average molecular weight is 296 g/mol. The molecule has 2 rings (SSSR count). The fourth-order valence-corrected chi connectivity index (χ4v) is 2.29. The van der Waals surface area contributed by atoms with Crippen molar-refractivity contribution in [2.24, 2.45) is 5.92 Å². The molecule has 1 aromatic rings. The molecule has 1 aliphatic rings. The number of rotatable bonds is 3. The SMILES string of the molecule is COc1cc(F)c(N2C(=O)C(C)CN(C)C2=O)cc1OC. The van der Waals surface area contributed by atoms with Gasteiger partial charge in [0.15, 0.2) is 17.3 Å². The van der Waals surface area contributed by atoms with Crippen LogP contribution in [0.2, 0.25) is 0 Å². The summed E-state index contributed by atoms with van der Waals surface area (Å²) in [4.78, 5) is 26.6. The maximum Gasteiger partial charge on any atom is 0.331 e. The van der Waals surface area contributed by atoms with Gasteiger partial charge in [0.1, 0.15) is 0 Å². The first-order valence-corrected chi connectivity index (χ1v) is 6.41. The number of ether oxygens (including phenoxy) is 2. The van der Waals surface area contributed by atoms with Crippen LogP contribution in [0.3, 0.4) is 0 Å². The van der Waals surface area contributed by atoms with Gasteiger partial charge in [0.05, 0.1) is 25.8 Å². The first kappa shape index (κ1) is 15.1. The molecule has 0 spiro atoms. The van der Waals surface area contributed by atoms with Crippen LogP contribution in [0.4, 0.5) is 14.9 Å².